The fourth-order valence-corrected chi connectivity index (χ4v) is 5.01. The monoisotopic (exact) mass is 385 g/mol. The topological polar surface area (TPSA) is 0 Å². The molecule has 0 N–H and O–H groups in total. The van der Waals surface area contributed by atoms with Gasteiger partial charge in [0, 0.05) is 27.3 Å². The normalized spacial score (nSPS) is 12.0. The predicted octanol–water partition coefficient (Wildman–Crippen LogP) is 9.72. The third-order valence-electron chi connectivity index (χ3n) is 5.68. The van der Waals surface area contributed by atoms with Gasteiger partial charge in [-0.15, -0.1) is 0 Å². The molecule has 158 valence electrons. The fourth-order valence-electron chi connectivity index (χ4n) is 3.84. The van der Waals surface area contributed by atoms with Crippen molar-refractivity contribution < 1.29 is 0 Å². The van der Waals surface area contributed by atoms with E-state index in [4.69, 9.17) is 0 Å². The number of rotatable bonds is 21. The van der Waals surface area contributed by atoms with E-state index in [0.29, 0.717) is 0 Å². The van der Waals surface area contributed by atoms with E-state index in [0.717, 1.165) is 0 Å². The molecule has 0 aromatic heterocycles. The molecule has 0 nitrogen and oxygen atoms in total. The fraction of sp³-hybridized carbons (Fsp3) is 1.00. The third-order valence-corrected chi connectivity index (χ3v) is 7.34. The molecule has 0 bridgehead atoms. The molecule has 0 saturated heterocycles. The first-order valence-electron chi connectivity index (χ1n) is 12.4. The maximum atomic E-state index is 2.47. The lowest BCUT2D eigenvalue weighted by molar-refractivity contribution is 0.523. The number of unbranched alkanes of at least 4 members (excludes halogenated alkanes) is 19. The second-order valence-electron chi connectivity index (χ2n) is 9.73. The molecule has 26 heavy (non-hydrogen) atoms. The minimum Gasteiger partial charge on any atom is -0.0654 e. The van der Waals surface area contributed by atoms with E-state index in [-0.39, 0.29) is 0 Å². The van der Waals surface area contributed by atoms with Crippen molar-refractivity contribution in [3.63, 3.8) is 0 Å². The number of hydrogen-bond acceptors (Lipinski definition) is 0. The summed E-state index contributed by atoms with van der Waals surface area (Å²) < 4.78 is 0. The smallest absolute Gasteiger partial charge is 0.0586 e. The summed E-state index contributed by atoms with van der Waals surface area (Å²) >= 11 is 0. The zero-order valence-corrected chi connectivity index (χ0v) is 20.2. The van der Waals surface area contributed by atoms with Crippen LogP contribution in [-0.4, -0.2) is 26.2 Å². The number of hydrogen-bond donors (Lipinski definition) is 0. The van der Waals surface area contributed by atoms with Gasteiger partial charge < -0.3 is 0 Å². The first kappa shape index (κ1) is 26.4. The minimum absolute atomic E-state index is 0.510. The van der Waals surface area contributed by atoms with E-state index in [9.17, 15) is 0 Å². The zero-order chi connectivity index (χ0) is 19.3. The second kappa shape index (κ2) is 20.2. The van der Waals surface area contributed by atoms with E-state index in [1.165, 1.54) is 135 Å². The Morgan fingerprint density at radius 2 is 0.577 bits per heavy atom. The summed E-state index contributed by atoms with van der Waals surface area (Å²) in [5.74, 6) is 0. The maximum absolute atomic E-state index is 2.47. The van der Waals surface area contributed by atoms with Crippen LogP contribution < -0.4 is 0 Å². The van der Waals surface area contributed by atoms with Crippen LogP contribution in [0.15, 0.2) is 0 Å². The van der Waals surface area contributed by atoms with Gasteiger partial charge >= 0.3 is 0 Å². The average Bonchev–Trinajstić information content (AvgIpc) is 2.59. The Hall–Kier alpha value is 0.430. The zero-order valence-electron chi connectivity index (χ0n) is 19.3. The van der Waals surface area contributed by atoms with Crippen molar-refractivity contribution in [1.82, 2.24) is 0 Å². The van der Waals surface area contributed by atoms with Gasteiger partial charge in [0.1, 0.15) is 0 Å². The molecule has 0 unspecified atom stereocenters. The summed E-state index contributed by atoms with van der Waals surface area (Å²) in [6.07, 6.45) is 31.1. The summed E-state index contributed by atoms with van der Waals surface area (Å²) in [6.45, 7) is 9.73. The van der Waals surface area contributed by atoms with Gasteiger partial charge in [0.25, 0.3) is 0 Å². The lowest BCUT2D eigenvalue weighted by Gasteiger charge is -2.10. The van der Waals surface area contributed by atoms with Crippen molar-refractivity contribution in [3.8, 4) is 0 Å². The van der Waals surface area contributed by atoms with Crippen LogP contribution >= 0.6 is 7.26 Å². The van der Waals surface area contributed by atoms with Gasteiger partial charge in [-0.2, -0.15) is 0 Å². The third kappa shape index (κ3) is 24.4. The van der Waals surface area contributed by atoms with Crippen molar-refractivity contribution in [2.75, 3.05) is 26.2 Å². The van der Waals surface area contributed by atoms with E-state index >= 15 is 0 Å². The van der Waals surface area contributed by atoms with Crippen LogP contribution in [-0.2, 0) is 0 Å². The van der Waals surface area contributed by atoms with Crippen LogP contribution in [0, 0.1) is 0 Å². The minimum atomic E-state index is -0.510. The lowest BCUT2D eigenvalue weighted by Crippen LogP contribution is -1.93. The Morgan fingerprint density at radius 3 is 0.808 bits per heavy atom. The van der Waals surface area contributed by atoms with Crippen LogP contribution in [0.25, 0.3) is 0 Å². The Morgan fingerprint density at radius 1 is 0.346 bits per heavy atom. The first-order chi connectivity index (χ1) is 12.6. The average molecular weight is 386 g/mol. The summed E-state index contributed by atoms with van der Waals surface area (Å²) in [5.41, 5.74) is 0. The SMILES string of the molecule is CCCCCCCCCCCCCCCCCCCCCC[P+](C)(C)C. The second-order valence-corrected chi connectivity index (χ2v) is 14.8. The summed E-state index contributed by atoms with van der Waals surface area (Å²) in [6, 6.07) is 0. The van der Waals surface area contributed by atoms with Gasteiger partial charge in [0.15, 0.2) is 0 Å². The molecule has 0 spiro atoms. The molecule has 0 aromatic rings. The van der Waals surface area contributed by atoms with E-state index in [2.05, 4.69) is 26.9 Å². The molecule has 0 saturated carbocycles. The quantitative estimate of drug-likeness (QED) is 0.136. The highest BCUT2D eigenvalue weighted by atomic mass is 31.2. The van der Waals surface area contributed by atoms with Crippen molar-refractivity contribution in [2.45, 2.75) is 135 Å². The van der Waals surface area contributed by atoms with Gasteiger partial charge in [-0.05, 0) is 12.8 Å². The standard InChI is InChI=1S/C25H54P/c1-5-6-7-8-9-10-11-12-13-14-15-16-17-18-19-20-21-22-23-24-25-26(2,3)4/h5-25H2,1-4H3/q+1. The molecule has 0 heterocycles. The molecule has 0 radical (unpaired) electrons. The van der Waals surface area contributed by atoms with Crippen molar-refractivity contribution in [2.24, 2.45) is 0 Å². The van der Waals surface area contributed by atoms with Gasteiger partial charge in [-0.25, -0.2) is 0 Å². The molecule has 0 amide bonds. The lowest BCUT2D eigenvalue weighted by atomic mass is 10.0. The van der Waals surface area contributed by atoms with Crippen LogP contribution in [0.3, 0.4) is 0 Å². The molecular weight excluding hydrogens is 331 g/mol. The Labute approximate surface area is 169 Å². The Balaban J connectivity index is 3.01. The molecule has 0 rings (SSSR count). The summed E-state index contributed by atoms with van der Waals surface area (Å²) in [4.78, 5) is 0. The predicted molar refractivity (Wildman–Crippen MR) is 128 cm³/mol. The Bertz CT molecular complexity index is 253. The first-order valence-corrected chi connectivity index (χ1v) is 15.7. The highest BCUT2D eigenvalue weighted by Gasteiger charge is 2.15. The van der Waals surface area contributed by atoms with Crippen LogP contribution in [0.5, 0.6) is 0 Å². The molecule has 0 atom stereocenters. The van der Waals surface area contributed by atoms with Crippen LogP contribution in [0.1, 0.15) is 135 Å². The van der Waals surface area contributed by atoms with Crippen molar-refractivity contribution in [1.29, 1.82) is 0 Å². The highest BCUT2D eigenvalue weighted by molar-refractivity contribution is 7.73. The van der Waals surface area contributed by atoms with E-state index < -0.39 is 7.26 Å². The van der Waals surface area contributed by atoms with E-state index in [1.54, 1.807) is 0 Å². The van der Waals surface area contributed by atoms with Gasteiger partial charge in [0.05, 0.1) is 6.16 Å². The maximum Gasteiger partial charge on any atom is 0.0586 e. The van der Waals surface area contributed by atoms with Crippen molar-refractivity contribution >= 4 is 7.26 Å². The van der Waals surface area contributed by atoms with Gasteiger partial charge in [0.2, 0.25) is 0 Å². The van der Waals surface area contributed by atoms with Crippen LogP contribution in [0.2, 0.25) is 0 Å². The summed E-state index contributed by atoms with van der Waals surface area (Å²) in [7, 11) is -0.510. The molecular formula is C25H54P+. The molecule has 0 aliphatic rings. The highest BCUT2D eigenvalue weighted by Crippen LogP contribution is 2.47. The summed E-state index contributed by atoms with van der Waals surface area (Å²) in [5, 5.41) is 0. The van der Waals surface area contributed by atoms with Gasteiger partial charge in [-0.3, -0.25) is 0 Å². The largest absolute Gasteiger partial charge is 0.0654 e. The van der Waals surface area contributed by atoms with Crippen LogP contribution in [0.4, 0.5) is 0 Å². The Kier molecular flexibility index (Phi) is 20.5. The van der Waals surface area contributed by atoms with E-state index in [1.807, 2.05) is 0 Å². The molecule has 0 fully saturated rings. The van der Waals surface area contributed by atoms with Crippen molar-refractivity contribution in [3.05, 3.63) is 0 Å². The molecule has 0 aliphatic carbocycles. The molecule has 0 aromatic carbocycles. The molecule has 1 heteroatoms. The van der Waals surface area contributed by atoms with Gasteiger partial charge in [-0.1, -0.05) is 122 Å². The molecule has 0 aliphatic heterocycles.